The van der Waals surface area contributed by atoms with Crippen molar-refractivity contribution in [2.45, 2.75) is 31.3 Å². The molecule has 4 nitrogen and oxygen atoms in total. The van der Waals surface area contributed by atoms with E-state index >= 15 is 0 Å². The van der Waals surface area contributed by atoms with Crippen LogP contribution in [0.25, 0.3) is 0 Å². The van der Waals surface area contributed by atoms with E-state index in [2.05, 4.69) is 33.4 Å². The molecule has 0 spiro atoms. The molecule has 5 heteroatoms. The number of hydrogen-bond acceptors (Lipinski definition) is 4. The SMILES string of the molecule is OCC1(NCc2cc(Br)cc3c2OCC3)CCOCC1. The molecule has 0 aliphatic carbocycles. The molecule has 2 aliphatic rings. The fraction of sp³-hybridized carbons (Fsp3) is 0.600. The highest BCUT2D eigenvalue weighted by Gasteiger charge is 2.31. The van der Waals surface area contributed by atoms with Crippen molar-refractivity contribution < 1.29 is 14.6 Å². The molecule has 0 saturated carbocycles. The van der Waals surface area contributed by atoms with E-state index in [4.69, 9.17) is 9.47 Å². The van der Waals surface area contributed by atoms with Gasteiger partial charge in [-0.25, -0.2) is 0 Å². The van der Waals surface area contributed by atoms with Crippen molar-refractivity contribution in [2.24, 2.45) is 0 Å². The van der Waals surface area contributed by atoms with Crippen molar-refractivity contribution >= 4 is 15.9 Å². The van der Waals surface area contributed by atoms with E-state index < -0.39 is 0 Å². The summed E-state index contributed by atoms with van der Waals surface area (Å²) >= 11 is 3.56. The molecule has 2 aliphatic heterocycles. The molecule has 2 N–H and O–H groups in total. The number of aliphatic hydroxyl groups is 1. The number of fused-ring (bicyclic) bond motifs is 1. The van der Waals surface area contributed by atoms with Gasteiger partial charge in [-0.05, 0) is 30.5 Å². The molecule has 1 aromatic rings. The second kappa shape index (κ2) is 6.02. The number of hydrogen-bond donors (Lipinski definition) is 2. The van der Waals surface area contributed by atoms with E-state index in [0.29, 0.717) is 19.8 Å². The summed E-state index contributed by atoms with van der Waals surface area (Å²) in [6.45, 7) is 3.04. The van der Waals surface area contributed by atoms with Gasteiger partial charge < -0.3 is 19.9 Å². The third-order valence-corrected chi connectivity index (χ3v) is 4.69. The summed E-state index contributed by atoms with van der Waals surface area (Å²) in [6.07, 6.45) is 2.67. The number of benzene rings is 1. The average molecular weight is 342 g/mol. The normalized spacial score (nSPS) is 20.5. The molecule has 2 heterocycles. The number of halogens is 1. The van der Waals surface area contributed by atoms with Crippen LogP contribution in [0.5, 0.6) is 5.75 Å². The lowest BCUT2D eigenvalue weighted by molar-refractivity contribution is 0.0111. The quantitative estimate of drug-likeness (QED) is 0.879. The van der Waals surface area contributed by atoms with Crippen LogP contribution in [0.1, 0.15) is 24.0 Å². The van der Waals surface area contributed by atoms with E-state index in [1.807, 2.05) is 0 Å². The van der Waals surface area contributed by atoms with Gasteiger partial charge in [-0.2, -0.15) is 0 Å². The third-order valence-electron chi connectivity index (χ3n) is 4.23. The molecule has 0 amide bonds. The molecule has 0 radical (unpaired) electrons. The molecule has 0 atom stereocenters. The Morgan fingerprint density at radius 2 is 2.05 bits per heavy atom. The topological polar surface area (TPSA) is 50.7 Å². The second-order valence-corrected chi connectivity index (χ2v) is 6.47. The van der Waals surface area contributed by atoms with Crippen molar-refractivity contribution in [2.75, 3.05) is 26.4 Å². The minimum atomic E-state index is -0.216. The van der Waals surface area contributed by atoms with Gasteiger partial charge in [-0.15, -0.1) is 0 Å². The van der Waals surface area contributed by atoms with E-state index in [-0.39, 0.29) is 12.1 Å². The zero-order chi connectivity index (χ0) is 14.0. The minimum absolute atomic E-state index is 0.146. The minimum Gasteiger partial charge on any atom is -0.493 e. The first-order valence-electron chi connectivity index (χ1n) is 7.10. The largest absolute Gasteiger partial charge is 0.493 e. The maximum Gasteiger partial charge on any atom is 0.127 e. The first-order chi connectivity index (χ1) is 9.72. The van der Waals surface area contributed by atoms with Gasteiger partial charge in [-0.1, -0.05) is 15.9 Å². The number of ether oxygens (including phenoxy) is 2. The Balaban J connectivity index is 1.75. The van der Waals surface area contributed by atoms with Gasteiger partial charge in [0.1, 0.15) is 5.75 Å². The third kappa shape index (κ3) is 2.86. The van der Waals surface area contributed by atoms with E-state index in [1.54, 1.807) is 0 Å². The maximum atomic E-state index is 9.71. The maximum absolute atomic E-state index is 9.71. The Kier molecular flexibility index (Phi) is 4.31. The summed E-state index contributed by atoms with van der Waals surface area (Å²) in [5.41, 5.74) is 2.21. The second-order valence-electron chi connectivity index (χ2n) is 5.56. The summed E-state index contributed by atoms with van der Waals surface area (Å²) in [4.78, 5) is 0. The van der Waals surface area contributed by atoms with Crippen molar-refractivity contribution in [3.05, 3.63) is 27.7 Å². The summed E-state index contributed by atoms with van der Waals surface area (Å²) in [5, 5.41) is 13.2. The lowest BCUT2D eigenvalue weighted by Gasteiger charge is -2.36. The van der Waals surface area contributed by atoms with Crippen LogP contribution in [0.2, 0.25) is 0 Å². The first-order valence-corrected chi connectivity index (χ1v) is 7.89. The number of aliphatic hydroxyl groups excluding tert-OH is 1. The van der Waals surface area contributed by atoms with Gasteiger partial charge in [0.25, 0.3) is 0 Å². The summed E-state index contributed by atoms with van der Waals surface area (Å²) in [5.74, 6) is 1.01. The smallest absolute Gasteiger partial charge is 0.127 e. The van der Waals surface area contributed by atoms with Gasteiger partial charge in [0.2, 0.25) is 0 Å². The fourth-order valence-corrected chi connectivity index (χ4v) is 3.47. The highest BCUT2D eigenvalue weighted by molar-refractivity contribution is 9.10. The van der Waals surface area contributed by atoms with Crippen LogP contribution in [-0.2, 0) is 17.7 Å². The average Bonchev–Trinajstić information content (AvgIpc) is 2.94. The van der Waals surface area contributed by atoms with Crippen molar-refractivity contribution in [3.8, 4) is 5.75 Å². The van der Waals surface area contributed by atoms with Crippen LogP contribution in [0.15, 0.2) is 16.6 Å². The fourth-order valence-electron chi connectivity index (χ4n) is 2.91. The summed E-state index contributed by atoms with van der Waals surface area (Å²) < 4.78 is 12.2. The molecule has 1 aromatic carbocycles. The number of rotatable bonds is 4. The number of nitrogens with one attached hydrogen (secondary N) is 1. The Labute approximate surface area is 127 Å². The van der Waals surface area contributed by atoms with Crippen molar-refractivity contribution in [1.82, 2.24) is 5.32 Å². The first kappa shape index (κ1) is 14.3. The van der Waals surface area contributed by atoms with Crippen LogP contribution in [-0.4, -0.2) is 37.1 Å². The molecular formula is C15H20BrNO3. The van der Waals surface area contributed by atoms with Crippen LogP contribution in [0, 0.1) is 0 Å². The van der Waals surface area contributed by atoms with Gasteiger partial charge in [0.05, 0.1) is 13.2 Å². The zero-order valence-corrected chi connectivity index (χ0v) is 13.0. The predicted octanol–water partition coefficient (Wildman–Crippen LogP) is 2.02. The highest BCUT2D eigenvalue weighted by atomic mass is 79.9. The Morgan fingerprint density at radius 1 is 1.25 bits per heavy atom. The lowest BCUT2D eigenvalue weighted by atomic mass is 9.90. The Hall–Kier alpha value is -0.620. The standard InChI is InChI=1S/C15H20BrNO3/c16-13-7-11-1-4-20-14(11)12(8-13)9-17-15(10-18)2-5-19-6-3-15/h7-8,17-18H,1-6,9-10H2. The molecule has 110 valence electrons. The van der Waals surface area contributed by atoms with E-state index in [0.717, 1.165) is 41.7 Å². The van der Waals surface area contributed by atoms with Gasteiger partial charge in [-0.3, -0.25) is 0 Å². The van der Waals surface area contributed by atoms with E-state index in [9.17, 15) is 5.11 Å². The predicted molar refractivity (Wildman–Crippen MR) is 80.1 cm³/mol. The molecular weight excluding hydrogens is 322 g/mol. The summed E-state index contributed by atoms with van der Waals surface area (Å²) in [6, 6.07) is 4.23. The van der Waals surface area contributed by atoms with Crippen LogP contribution in [0.4, 0.5) is 0 Å². The molecule has 0 unspecified atom stereocenters. The summed E-state index contributed by atoms with van der Waals surface area (Å²) in [7, 11) is 0. The molecule has 0 aromatic heterocycles. The van der Waals surface area contributed by atoms with Gasteiger partial charge in [0.15, 0.2) is 0 Å². The molecule has 1 saturated heterocycles. The Morgan fingerprint density at radius 3 is 2.80 bits per heavy atom. The Bertz CT molecular complexity index is 486. The zero-order valence-electron chi connectivity index (χ0n) is 11.5. The molecule has 20 heavy (non-hydrogen) atoms. The van der Waals surface area contributed by atoms with Crippen molar-refractivity contribution in [1.29, 1.82) is 0 Å². The molecule has 3 rings (SSSR count). The van der Waals surface area contributed by atoms with Crippen LogP contribution in [0.3, 0.4) is 0 Å². The molecule has 0 bridgehead atoms. The van der Waals surface area contributed by atoms with Crippen LogP contribution >= 0.6 is 15.9 Å². The van der Waals surface area contributed by atoms with E-state index in [1.165, 1.54) is 5.56 Å². The van der Waals surface area contributed by atoms with Gasteiger partial charge >= 0.3 is 0 Å². The molecule has 1 fully saturated rings. The monoisotopic (exact) mass is 341 g/mol. The lowest BCUT2D eigenvalue weighted by Crippen LogP contribution is -2.51. The van der Waals surface area contributed by atoms with Crippen molar-refractivity contribution in [3.63, 3.8) is 0 Å². The van der Waals surface area contributed by atoms with Crippen LogP contribution < -0.4 is 10.1 Å². The highest BCUT2D eigenvalue weighted by Crippen LogP contribution is 2.33. The van der Waals surface area contributed by atoms with Gasteiger partial charge in [0, 0.05) is 41.8 Å².